The molecule has 16 heavy (non-hydrogen) atoms. The Balaban J connectivity index is 2.77. The number of nitrogens with two attached hydrogens (primary N) is 1. The summed E-state index contributed by atoms with van der Waals surface area (Å²) < 4.78 is 26.4. The van der Waals surface area contributed by atoms with Crippen LogP contribution in [0.4, 0.5) is 14.5 Å². The van der Waals surface area contributed by atoms with E-state index in [2.05, 4.69) is 5.32 Å². The smallest absolute Gasteiger partial charge is 0.227 e. The predicted molar refractivity (Wildman–Crippen MR) is 57.8 cm³/mol. The number of amides is 1. The molecule has 1 aromatic carbocycles. The maximum Gasteiger partial charge on any atom is 0.227 e. The summed E-state index contributed by atoms with van der Waals surface area (Å²) in [6.07, 6.45) is 0.474. The monoisotopic (exact) mass is 228 g/mol. The number of carbonyl (C=O) groups is 1. The average molecular weight is 228 g/mol. The van der Waals surface area contributed by atoms with Crippen molar-refractivity contribution in [2.24, 2.45) is 11.7 Å². The second-order valence-electron chi connectivity index (χ2n) is 3.56. The molecule has 0 saturated carbocycles. The minimum Gasteiger partial charge on any atom is -0.330 e. The van der Waals surface area contributed by atoms with Crippen LogP contribution in [0.2, 0.25) is 0 Å². The lowest BCUT2D eigenvalue weighted by atomic mass is 10.1. The summed E-state index contributed by atoms with van der Waals surface area (Å²) in [7, 11) is 0. The molecule has 0 aliphatic rings. The fourth-order valence-electron chi connectivity index (χ4n) is 1.24. The van der Waals surface area contributed by atoms with Crippen LogP contribution in [0.1, 0.15) is 13.3 Å². The van der Waals surface area contributed by atoms with Crippen molar-refractivity contribution in [3.8, 4) is 0 Å². The average Bonchev–Trinajstić information content (AvgIpc) is 2.23. The molecule has 3 N–H and O–H groups in total. The molecule has 0 bridgehead atoms. The van der Waals surface area contributed by atoms with E-state index in [1.54, 1.807) is 6.92 Å². The van der Waals surface area contributed by atoms with Crippen molar-refractivity contribution in [3.05, 3.63) is 29.8 Å². The number of rotatable bonds is 4. The van der Waals surface area contributed by atoms with E-state index in [9.17, 15) is 13.6 Å². The summed E-state index contributed by atoms with van der Waals surface area (Å²) in [4.78, 5) is 11.5. The van der Waals surface area contributed by atoms with Gasteiger partial charge in [-0.15, -0.1) is 0 Å². The van der Waals surface area contributed by atoms with Gasteiger partial charge in [0.1, 0.15) is 17.3 Å². The third-order valence-electron chi connectivity index (χ3n) is 2.26. The van der Waals surface area contributed by atoms with Gasteiger partial charge in [0.05, 0.1) is 0 Å². The molecule has 0 aromatic heterocycles. The van der Waals surface area contributed by atoms with Crippen molar-refractivity contribution >= 4 is 11.6 Å². The number of nitrogens with one attached hydrogen (secondary N) is 1. The van der Waals surface area contributed by atoms with Gasteiger partial charge < -0.3 is 11.1 Å². The van der Waals surface area contributed by atoms with Gasteiger partial charge in [-0.3, -0.25) is 4.79 Å². The van der Waals surface area contributed by atoms with Crippen molar-refractivity contribution in [2.45, 2.75) is 13.3 Å². The van der Waals surface area contributed by atoms with E-state index in [4.69, 9.17) is 5.73 Å². The Morgan fingerprint density at radius 3 is 2.50 bits per heavy atom. The zero-order chi connectivity index (χ0) is 12.1. The van der Waals surface area contributed by atoms with E-state index >= 15 is 0 Å². The molecule has 1 atom stereocenters. The van der Waals surface area contributed by atoms with Gasteiger partial charge in [0.2, 0.25) is 5.91 Å². The van der Waals surface area contributed by atoms with Crippen LogP contribution in [0, 0.1) is 17.6 Å². The van der Waals surface area contributed by atoms with Crippen molar-refractivity contribution in [3.63, 3.8) is 0 Å². The first kappa shape index (κ1) is 12.6. The lowest BCUT2D eigenvalue weighted by Crippen LogP contribution is -2.23. The molecule has 1 unspecified atom stereocenters. The quantitative estimate of drug-likeness (QED) is 0.826. The molecule has 0 heterocycles. The van der Waals surface area contributed by atoms with Crippen LogP contribution < -0.4 is 11.1 Å². The summed E-state index contributed by atoms with van der Waals surface area (Å²) in [6, 6.07) is 3.42. The summed E-state index contributed by atoms with van der Waals surface area (Å²) in [5, 5.41) is 2.22. The molecule has 0 radical (unpaired) electrons. The summed E-state index contributed by atoms with van der Waals surface area (Å²) in [6.45, 7) is 2.01. The van der Waals surface area contributed by atoms with Crippen LogP contribution in [0.5, 0.6) is 0 Å². The molecule has 5 heteroatoms. The van der Waals surface area contributed by atoms with Crippen LogP contribution >= 0.6 is 0 Å². The molecule has 0 saturated heterocycles. The standard InChI is InChI=1S/C11H14F2N2O/c1-7(5-6-14)11(16)15-10-8(12)3-2-4-9(10)13/h2-4,7H,5-6,14H2,1H3,(H,15,16). The van der Waals surface area contributed by atoms with Gasteiger partial charge in [0.15, 0.2) is 0 Å². The zero-order valence-electron chi connectivity index (χ0n) is 8.97. The largest absolute Gasteiger partial charge is 0.330 e. The number of hydrogen-bond acceptors (Lipinski definition) is 2. The first-order valence-corrected chi connectivity index (χ1v) is 5.01. The van der Waals surface area contributed by atoms with Crippen molar-refractivity contribution in [1.29, 1.82) is 0 Å². The Morgan fingerprint density at radius 1 is 1.44 bits per heavy atom. The highest BCUT2D eigenvalue weighted by Crippen LogP contribution is 2.19. The van der Waals surface area contributed by atoms with Crippen molar-refractivity contribution in [2.75, 3.05) is 11.9 Å². The van der Waals surface area contributed by atoms with Gasteiger partial charge in [-0.2, -0.15) is 0 Å². The Labute approximate surface area is 92.6 Å². The normalized spacial score (nSPS) is 12.2. The van der Waals surface area contributed by atoms with E-state index in [1.807, 2.05) is 0 Å². The van der Waals surface area contributed by atoms with Gasteiger partial charge in [-0.25, -0.2) is 8.78 Å². The number of halogens is 2. The molecular formula is C11H14F2N2O. The first-order valence-electron chi connectivity index (χ1n) is 5.01. The third kappa shape index (κ3) is 3.00. The minimum absolute atomic E-state index is 0.355. The van der Waals surface area contributed by atoms with Gasteiger partial charge in [0.25, 0.3) is 0 Å². The number of carbonyl (C=O) groups excluding carboxylic acids is 1. The highest BCUT2D eigenvalue weighted by Gasteiger charge is 2.16. The van der Waals surface area contributed by atoms with Gasteiger partial charge in [-0.05, 0) is 25.1 Å². The lowest BCUT2D eigenvalue weighted by Gasteiger charge is -2.12. The van der Waals surface area contributed by atoms with E-state index in [1.165, 1.54) is 6.07 Å². The predicted octanol–water partition coefficient (Wildman–Crippen LogP) is 1.89. The van der Waals surface area contributed by atoms with Crippen LogP contribution in [-0.2, 0) is 4.79 Å². The second-order valence-corrected chi connectivity index (χ2v) is 3.56. The SMILES string of the molecule is CC(CCN)C(=O)Nc1c(F)cccc1F. The van der Waals surface area contributed by atoms with Crippen LogP contribution in [0.15, 0.2) is 18.2 Å². The summed E-state index contributed by atoms with van der Waals surface area (Å²) in [5.41, 5.74) is 4.89. The van der Waals surface area contributed by atoms with Gasteiger partial charge in [-0.1, -0.05) is 13.0 Å². The molecule has 1 aromatic rings. The van der Waals surface area contributed by atoms with Crippen molar-refractivity contribution in [1.82, 2.24) is 0 Å². The minimum atomic E-state index is -0.784. The maximum absolute atomic E-state index is 13.2. The zero-order valence-corrected chi connectivity index (χ0v) is 8.97. The molecule has 0 spiro atoms. The maximum atomic E-state index is 13.2. The first-order chi connectivity index (χ1) is 7.56. The Kier molecular flexibility index (Phi) is 4.37. The third-order valence-corrected chi connectivity index (χ3v) is 2.26. The second kappa shape index (κ2) is 5.55. The molecular weight excluding hydrogens is 214 g/mol. The number of anilines is 1. The molecule has 88 valence electrons. The highest BCUT2D eigenvalue weighted by molar-refractivity contribution is 5.92. The Morgan fingerprint density at radius 2 is 2.00 bits per heavy atom. The molecule has 0 aliphatic carbocycles. The number of para-hydroxylation sites is 1. The molecule has 0 aliphatic heterocycles. The van der Waals surface area contributed by atoms with Crippen LogP contribution in [0.3, 0.4) is 0 Å². The van der Waals surface area contributed by atoms with Crippen LogP contribution in [-0.4, -0.2) is 12.5 Å². The van der Waals surface area contributed by atoms with E-state index in [0.717, 1.165) is 12.1 Å². The molecule has 1 rings (SSSR count). The van der Waals surface area contributed by atoms with Crippen molar-refractivity contribution < 1.29 is 13.6 Å². The highest BCUT2D eigenvalue weighted by atomic mass is 19.1. The molecule has 1 amide bonds. The van der Waals surface area contributed by atoms with E-state index in [-0.39, 0.29) is 5.92 Å². The fourth-order valence-corrected chi connectivity index (χ4v) is 1.24. The topological polar surface area (TPSA) is 55.1 Å². The van der Waals surface area contributed by atoms with Gasteiger partial charge >= 0.3 is 0 Å². The molecule has 0 fully saturated rings. The fraction of sp³-hybridized carbons (Fsp3) is 0.364. The van der Waals surface area contributed by atoms with E-state index in [0.29, 0.717) is 13.0 Å². The Hall–Kier alpha value is -1.49. The number of benzene rings is 1. The van der Waals surface area contributed by atoms with Gasteiger partial charge in [0, 0.05) is 5.92 Å². The molecule has 3 nitrogen and oxygen atoms in total. The summed E-state index contributed by atoms with van der Waals surface area (Å²) in [5.74, 6) is -2.37. The van der Waals surface area contributed by atoms with E-state index < -0.39 is 23.2 Å². The lowest BCUT2D eigenvalue weighted by molar-refractivity contribution is -0.119. The Bertz CT molecular complexity index is 362. The number of hydrogen-bond donors (Lipinski definition) is 2. The van der Waals surface area contributed by atoms with Crippen LogP contribution in [0.25, 0.3) is 0 Å². The summed E-state index contributed by atoms with van der Waals surface area (Å²) >= 11 is 0.